The first kappa shape index (κ1) is 11.2. The summed E-state index contributed by atoms with van der Waals surface area (Å²) in [6.45, 7) is 5.02. The molecule has 4 N–H and O–H groups in total. The van der Waals surface area contributed by atoms with Gasteiger partial charge in [0.2, 0.25) is 0 Å². The minimum absolute atomic E-state index is 0.0845. The maximum atomic E-state index is 5.95. The molecule has 0 aromatic heterocycles. The van der Waals surface area contributed by atoms with Gasteiger partial charge in [0.05, 0.1) is 0 Å². The Morgan fingerprint density at radius 1 is 1.07 bits per heavy atom. The van der Waals surface area contributed by atoms with E-state index in [4.69, 9.17) is 11.5 Å². The van der Waals surface area contributed by atoms with Gasteiger partial charge < -0.3 is 11.5 Å². The van der Waals surface area contributed by atoms with Gasteiger partial charge in [-0.3, -0.25) is 0 Å². The molecule has 2 heteroatoms. The third kappa shape index (κ3) is 2.82. The van der Waals surface area contributed by atoms with Crippen LogP contribution in [0.2, 0.25) is 0 Å². The first-order chi connectivity index (χ1) is 6.65. The fourth-order valence-electron chi connectivity index (χ4n) is 1.47. The number of nitrogens with two attached hydrogens (primary N) is 2. The molecule has 1 aromatic rings. The van der Waals surface area contributed by atoms with Crippen molar-refractivity contribution < 1.29 is 0 Å². The van der Waals surface area contributed by atoms with Crippen LogP contribution in [0.25, 0.3) is 0 Å². The summed E-state index contributed by atoms with van der Waals surface area (Å²) in [4.78, 5) is 0. The minimum Gasteiger partial charge on any atom is -0.330 e. The molecule has 78 valence electrons. The van der Waals surface area contributed by atoms with Crippen molar-refractivity contribution in [1.82, 2.24) is 0 Å². The van der Waals surface area contributed by atoms with Crippen molar-refractivity contribution >= 4 is 0 Å². The molecule has 14 heavy (non-hydrogen) atoms. The van der Waals surface area contributed by atoms with Crippen LogP contribution in [0, 0.1) is 0 Å². The molecule has 0 amide bonds. The standard InChI is InChI=1S/C12H20N2/c1-9(2)10-3-5-11(6-4-10)12(14)7-8-13/h3-6,9,12H,7-8,13-14H2,1-2H3/t12-/m0/s1. The van der Waals surface area contributed by atoms with Crippen molar-refractivity contribution in [3.63, 3.8) is 0 Å². The fourth-order valence-corrected chi connectivity index (χ4v) is 1.47. The largest absolute Gasteiger partial charge is 0.330 e. The zero-order chi connectivity index (χ0) is 10.6. The Bertz CT molecular complexity index is 264. The van der Waals surface area contributed by atoms with Gasteiger partial charge in [-0.05, 0) is 30.0 Å². The van der Waals surface area contributed by atoms with E-state index < -0.39 is 0 Å². The second-order valence-electron chi connectivity index (χ2n) is 4.01. The lowest BCUT2D eigenvalue weighted by Crippen LogP contribution is -2.15. The quantitative estimate of drug-likeness (QED) is 0.768. The Hall–Kier alpha value is -0.860. The van der Waals surface area contributed by atoms with Gasteiger partial charge in [-0.1, -0.05) is 38.1 Å². The first-order valence-corrected chi connectivity index (χ1v) is 5.20. The van der Waals surface area contributed by atoms with Crippen LogP contribution in [0.15, 0.2) is 24.3 Å². The third-order valence-electron chi connectivity index (χ3n) is 2.51. The molecule has 0 fully saturated rings. The first-order valence-electron chi connectivity index (χ1n) is 5.20. The highest BCUT2D eigenvalue weighted by Gasteiger charge is 2.05. The van der Waals surface area contributed by atoms with Crippen LogP contribution < -0.4 is 11.5 Å². The summed E-state index contributed by atoms with van der Waals surface area (Å²) in [5, 5.41) is 0. The lowest BCUT2D eigenvalue weighted by molar-refractivity contribution is 0.660. The van der Waals surface area contributed by atoms with Gasteiger partial charge >= 0.3 is 0 Å². The van der Waals surface area contributed by atoms with Crippen molar-refractivity contribution in [2.45, 2.75) is 32.2 Å². The van der Waals surface area contributed by atoms with E-state index in [1.807, 2.05) is 0 Å². The average molecular weight is 192 g/mol. The van der Waals surface area contributed by atoms with Gasteiger partial charge in [0.1, 0.15) is 0 Å². The molecule has 0 heterocycles. The maximum Gasteiger partial charge on any atom is 0.0306 e. The lowest BCUT2D eigenvalue weighted by Gasteiger charge is -2.12. The average Bonchev–Trinajstić information content (AvgIpc) is 2.18. The van der Waals surface area contributed by atoms with E-state index in [1.165, 1.54) is 11.1 Å². The molecule has 0 radical (unpaired) electrons. The van der Waals surface area contributed by atoms with Gasteiger partial charge in [-0.15, -0.1) is 0 Å². The third-order valence-corrected chi connectivity index (χ3v) is 2.51. The van der Waals surface area contributed by atoms with Gasteiger partial charge in [-0.2, -0.15) is 0 Å². The van der Waals surface area contributed by atoms with Gasteiger partial charge in [0, 0.05) is 6.04 Å². The van der Waals surface area contributed by atoms with Crippen molar-refractivity contribution in [3.05, 3.63) is 35.4 Å². The molecule has 0 spiro atoms. The van der Waals surface area contributed by atoms with Crippen LogP contribution in [0.5, 0.6) is 0 Å². The van der Waals surface area contributed by atoms with Crippen molar-refractivity contribution in [2.75, 3.05) is 6.54 Å². The Labute approximate surface area is 86.3 Å². The van der Waals surface area contributed by atoms with Crippen LogP contribution in [0.4, 0.5) is 0 Å². The van der Waals surface area contributed by atoms with E-state index >= 15 is 0 Å². The molecule has 0 bridgehead atoms. The molecule has 0 aliphatic rings. The van der Waals surface area contributed by atoms with Crippen molar-refractivity contribution in [3.8, 4) is 0 Å². The second kappa shape index (κ2) is 5.13. The monoisotopic (exact) mass is 192 g/mol. The summed E-state index contributed by atoms with van der Waals surface area (Å²) in [6, 6.07) is 8.60. The van der Waals surface area contributed by atoms with Crippen LogP contribution in [0.3, 0.4) is 0 Å². The number of hydrogen-bond donors (Lipinski definition) is 2. The van der Waals surface area contributed by atoms with Crippen molar-refractivity contribution in [2.24, 2.45) is 11.5 Å². The van der Waals surface area contributed by atoms with Crippen molar-refractivity contribution in [1.29, 1.82) is 0 Å². The molecule has 2 nitrogen and oxygen atoms in total. The lowest BCUT2D eigenvalue weighted by atomic mass is 9.98. The highest BCUT2D eigenvalue weighted by molar-refractivity contribution is 5.26. The maximum absolute atomic E-state index is 5.95. The minimum atomic E-state index is 0.0845. The fraction of sp³-hybridized carbons (Fsp3) is 0.500. The van der Waals surface area contributed by atoms with Crippen LogP contribution in [-0.4, -0.2) is 6.54 Å². The molecule has 0 unspecified atom stereocenters. The summed E-state index contributed by atoms with van der Waals surface area (Å²) in [5.41, 5.74) is 14.0. The molecule has 1 atom stereocenters. The van der Waals surface area contributed by atoms with E-state index in [0.29, 0.717) is 12.5 Å². The van der Waals surface area contributed by atoms with Crippen LogP contribution in [0.1, 0.15) is 43.4 Å². The van der Waals surface area contributed by atoms with Gasteiger partial charge in [0.15, 0.2) is 0 Å². The summed E-state index contributed by atoms with van der Waals surface area (Å²) >= 11 is 0. The van der Waals surface area contributed by atoms with E-state index in [-0.39, 0.29) is 6.04 Å². The number of benzene rings is 1. The summed E-state index contributed by atoms with van der Waals surface area (Å²) in [6.07, 6.45) is 0.848. The molecular weight excluding hydrogens is 172 g/mol. The number of rotatable bonds is 4. The Morgan fingerprint density at radius 2 is 1.57 bits per heavy atom. The topological polar surface area (TPSA) is 52.0 Å². The zero-order valence-corrected chi connectivity index (χ0v) is 9.03. The Kier molecular flexibility index (Phi) is 4.11. The van der Waals surface area contributed by atoms with E-state index in [0.717, 1.165) is 6.42 Å². The van der Waals surface area contributed by atoms with E-state index in [1.54, 1.807) is 0 Å². The molecule has 0 saturated carbocycles. The zero-order valence-electron chi connectivity index (χ0n) is 9.03. The van der Waals surface area contributed by atoms with Gasteiger partial charge in [-0.25, -0.2) is 0 Å². The Balaban J connectivity index is 2.72. The molecular formula is C12H20N2. The predicted octanol–water partition coefficient (Wildman–Crippen LogP) is 2.16. The SMILES string of the molecule is CC(C)c1ccc([C@@H](N)CCN)cc1. The number of hydrogen-bond acceptors (Lipinski definition) is 2. The van der Waals surface area contributed by atoms with Gasteiger partial charge in [0.25, 0.3) is 0 Å². The second-order valence-corrected chi connectivity index (χ2v) is 4.01. The summed E-state index contributed by atoms with van der Waals surface area (Å²) < 4.78 is 0. The molecule has 0 aliphatic heterocycles. The van der Waals surface area contributed by atoms with E-state index in [9.17, 15) is 0 Å². The highest BCUT2D eigenvalue weighted by Crippen LogP contribution is 2.18. The molecule has 0 saturated heterocycles. The normalized spacial score (nSPS) is 13.2. The molecule has 1 rings (SSSR count). The van der Waals surface area contributed by atoms with Crippen LogP contribution in [-0.2, 0) is 0 Å². The summed E-state index contributed by atoms with van der Waals surface area (Å²) in [7, 11) is 0. The van der Waals surface area contributed by atoms with Crippen LogP contribution >= 0.6 is 0 Å². The predicted molar refractivity (Wildman–Crippen MR) is 61.1 cm³/mol. The molecule has 1 aromatic carbocycles. The smallest absolute Gasteiger partial charge is 0.0306 e. The Morgan fingerprint density at radius 3 is 2.00 bits per heavy atom. The van der Waals surface area contributed by atoms with E-state index in [2.05, 4.69) is 38.1 Å². The summed E-state index contributed by atoms with van der Waals surface area (Å²) in [5.74, 6) is 0.579. The molecule has 0 aliphatic carbocycles. The highest BCUT2D eigenvalue weighted by atomic mass is 14.7.